The molecule has 4 nitrogen and oxygen atoms in total. The Balaban J connectivity index is 2.15. The lowest BCUT2D eigenvalue weighted by Gasteiger charge is -2.00. The van der Waals surface area contributed by atoms with Crippen molar-refractivity contribution in [1.29, 1.82) is 0 Å². The molecule has 0 unspecified atom stereocenters. The van der Waals surface area contributed by atoms with E-state index in [9.17, 15) is 0 Å². The molecular weight excluding hydrogens is 258 g/mol. The highest BCUT2D eigenvalue weighted by Gasteiger charge is 2.08. The molecule has 0 radical (unpaired) electrons. The zero-order valence-corrected chi connectivity index (χ0v) is 11.5. The molecular formula is C14H13N3OS. The van der Waals surface area contributed by atoms with E-state index in [1.54, 1.807) is 25.1 Å². The van der Waals surface area contributed by atoms with E-state index in [2.05, 4.69) is 10.1 Å². The third kappa shape index (κ3) is 2.17. The number of hydrogen-bond acceptors (Lipinski definition) is 4. The predicted octanol–water partition coefficient (Wildman–Crippen LogP) is 3.13. The predicted molar refractivity (Wildman–Crippen MR) is 76.8 cm³/mol. The first-order valence-electron chi connectivity index (χ1n) is 5.84. The topological polar surface area (TPSA) is 39.4 Å². The molecule has 0 amide bonds. The summed E-state index contributed by atoms with van der Waals surface area (Å²) >= 11 is 1.62. The summed E-state index contributed by atoms with van der Waals surface area (Å²) in [5.41, 5.74) is 2.98. The molecule has 0 N–H and O–H groups in total. The molecule has 0 saturated carbocycles. The number of fused-ring (bicyclic) bond motifs is 1. The zero-order valence-electron chi connectivity index (χ0n) is 10.7. The fourth-order valence-corrected chi connectivity index (χ4v) is 2.51. The second-order valence-corrected chi connectivity index (χ2v) is 4.82. The lowest BCUT2D eigenvalue weighted by Crippen LogP contribution is -1.90. The van der Waals surface area contributed by atoms with Crippen molar-refractivity contribution >= 4 is 17.3 Å². The minimum absolute atomic E-state index is 0.831. The van der Waals surface area contributed by atoms with Crippen LogP contribution in [-0.4, -0.2) is 28.0 Å². The molecule has 3 aromatic rings. The highest BCUT2D eigenvalue weighted by Crippen LogP contribution is 2.26. The average Bonchev–Trinajstić information content (AvgIpc) is 2.91. The van der Waals surface area contributed by atoms with Gasteiger partial charge in [0, 0.05) is 18.0 Å². The Morgan fingerprint density at radius 2 is 2.16 bits per heavy atom. The number of thioether (sulfide) groups is 1. The van der Waals surface area contributed by atoms with E-state index in [4.69, 9.17) is 4.74 Å². The fourth-order valence-electron chi connectivity index (χ4n) is 1.98. The lowest BCUT2D eigenvalue weighted by molar-refractivity contribution is 0.415. The number of methoxy groups -OCH3 is 1. The molecule has 0 atom stereocenters. The van der Waals surface area contributed by atoms with Gasteiger partial charge in [0.05, 0.1) is 18.3 Å². The third-order valence-electron chi connectivity index (χ3n) is 2.91. The van der Waals surface area contributed by atoms with Crippen LogP contribution in [0, 0.1) is 0 Å². The number of hydrogen-bond donors (Lipinski definition) is 0. The highest BCUT2D eigenvalue weighted by molar-refractivity contribution is 7.98. The van der Waals surface area contributed by atoms with Gasteiger partial charge in [-0.3, -0.25) is 0 Å². The first-order chi connectivity index (χ1) is 9.31. The molecule has 0 saturated heterocycles. The molecule has 0 bridgehead atoms. The first-order valence-corrected chi connectivity index (χ1v) is 7.07. The van der Waals surface area contributed by atoms with E-state index in [1.165, 1.54) is 0 Å². The van der Waals surface area contributed by atoms with Gasteiger partial charge in [-0.15, -0.1) is 11.8 Å². The summed E-state index contributed by atoms with van der Waals surface area (Å²) < 4.78 is 7.10. The molecule has 2 heterocycles. The van der Waals surface area contributed by atoms with E-state index >= 15 is 0 Å². The van der Waals surface area contributed by atoms with Crippen molar-refractivity contribution in [3.8, 4) is 17.0 Å². The van der Waals surface area contributed by atoms with Crippen LogP contribution in [0.4, 0.5) is 0 Å². The van der Waals surface area contributed by atoms with Crippen LogP contribution in [0.3, 0.4) is 0 Å². The third-order valence-corrected chi connectivity index (χ3v) is 3.61. The fraction of sp³-hybridized carbons (Fsp3) is 0.143. The van der Waals surface area contributed by atoms with Gasteiger partial charge >= 0.3 is 0 Å². The van der Waals surface area contributed by atoms with Crippen LogP contribution in [0.1, 0.15) is 0 Å². The maximum Gasteiger partial charge on any atom is 0.122 e. The van der Waals surface area contributed by atoms with Gasteiger partial charge in [-0.1, -0.05) is 12.1 Å². The quantitative estimate of drug-likeness (QED) is 0.686. The van der Waals surface area contributed by atoms with Crippen LogP contribution in [-0.2, 0) is 0 Å². The summed E-state index contributed by atoms with van der Waals surface area (Å²) in [6.07, 6.45) is 5.64. The van der Waals surface area contributed by atoms with Crippen LogP contribution < -0.4 is 4.74 Å². The molecule has 5 heteroatoms. The number of benzene rings is 1. The molecule has 0 spiro atoms. The largest absolute Gasteiger partial charge is 0.497 e. The van der Waals surface area contributed by atoms with Crippen LogP contribution >= 0.6 is 11.8 Å². The van der Waals surface area contributed by atoms with Crippen molar-refractivity contribution < 1.29 is 4.74 Å². The Morgan fingerprint density at radius 1 is 1.26 bits per heavy atom. The summed E-state index contributed by atoms with van der Waals surface area (Å²) in [7, 11) is 1.67. The van der Waals surface area contributed by atoms with Crippen molar-refractivity contribution in [2.45, 2.75) is 5.03 Å². The smallest absolute Gasteiger partial charge is 0.122 e. The SMILES string of the molecule is COc1cccc(-c2cc3c(SC)nccn3n2)c1. The molecule has 0 aliphatic heterocycles. The normalized spacial score (nSPS) is 10.8. The molecule has 0 aliphatic carbocycles. The molecule has 96 valence electrons. The van der Waals surface area contributed by atoms with Crippen molar-refractivity contribution in [1.82, 2.24) is 14.6 Å². The van der Waals surface area contributed by atoms with Crippen LogP contribution in [0.2, 0.25) is 0 Å². The van der Waals surface area contributed by atoms with E-state index in [0.717, 1.165) is 27.5 Å². The zero-order chi connectivity index (χ0) is 13.2. The second kappa shape index (κ2) is 4.93. The molecule has 19 heavy (non-hydrogen) atoms. The van der Waals surface area contributed by atoms with Crippen LogP contribution in [0.15, 0.2) is 47.8 Å². The number of nitrogens with zero attached hydrogens (tertiary/aromatic N) is 3. The Hall–Kier alpha value is -2.01. The van der Waals surface area contributed by atoms with Crippen molar-refractivity contribution in [3.63, 3.8) is 0 Å². The van der Waals surface area contributed by atoms with E-state index in [-0.39, 0.29) is 0 Å². The van der Waals surface area contributed by atoms with Crippen molar-refractivity contribution in [2.75, 3.05) is 13.4 Å². The lowest BCUT2D eigenvalue weighted by atomic mass is 10.1. The monoisotopic (exact) mass is 271 g/mol. The number of aromatic nitrogens is 3. The summed E-state index contributed by atoms with van der Waals surface area (Å²) in [6, 6.07) is 9.94. The van der Waals surface area contributed by atoms with E-state index in [0.29, 0.717) is 0 Å². The Labute approximate surface area is 115 Å². The van der Waals surface area contributed by atoms with Gasteiger partial charge in [0.15, 0.2) is 0 Å². The minimum Gasteiger partial charge on any atom is -0.497 e. The van der Waals surface area contributed by atoms with Crippen molar-refractivity contribution in [2.24, 2.45) is 0 Å². The van der Waals surface area contributed by atoms with Gasteiger partial charge in [-0.25, -0.2) is 9.50 Å². The number of rotatable bonds is 3. The van der Waals surface area contributed by atoms with Gasteiger partial charge in [0.1, 0.15) is 10.8 Å². The van der Waals surface area contributed by atoms with E-state index in [1.807, 2.05) is 47.3 Å². The Morgan fingerprint density at radius 3 is 2.95 bits per heavy atom. The highest BCUT2D eigenvalue weighted by atomic mass is 32.2. The summed E-state index contributed by atoms with van der Waals surface area (Å²) in [6.45, 7) is 0. The Kier molecular flexibility index (Phi) is 3.13. The van der Waals surface area contributed by atoms with Gasteiger partial charge in [0.25, 0.3) is 0 Å². The molecule has 1 aromatic carbocycles. The van der Waals surface area contributed by atoms with Crippen molar-refractivity contribution in [3.05, 3.63) is 42.7 Å². The van der Waals surface area contributed by atoms with Crippen LogP contribution in [0.25, 0.3) is 16.8 Å². The first kappa shape index (κ1) is 12.0. The molecule has 0 aliphatic rings. The molecule has 0 fully saturated rings. The average molecular weight is 271 g/mol. The van der Waals surface area contributed by atoms with E-state index < -0.39 is 0 Å². The van der Waals surface area contributed by atoms with Gasteiger partial charge in [-0.2, -0.15) is 5.10 Å². The standard InChI is InChI=1S/C14H13N3OS/c1-18-11-5-3-4-10(8-11)12-9-13-14(19-2)15-6-7-17(13)16-12/h3-9H,1-2H3. The molecule has 2 aromatic heterocycles. The van der Waals surface area contributed by atoms with Gasteiger partial charge < -0.3 is 4.74 Å². The van der Waals surface area contributed by atoms with Gasteiger partial charge in [-0.05, 0) is 24.5 Å². The maximum atomic E-state index is 5.24. The summed E-state index contributed by atoms with van der Waals surface area (Å²) in [5.74, 6) is 0.831. The number of ether oxygens (including phenoxy) is 1. The molecule has 3 rings (SSSR count). The minimum atomic E-state index is 0.831. The second-order valence-electron chi connectivity index (χ2n) is 4.03. The van der Waals surface area contributed by atoms with Gasteiger partial charge in [0.2, 0.25) is 0 Å². The summed E-state index contributed by atoms with van der Waals surface area (Å²) in [5, 5.41) is 5.55. The summed E-state index contributed by atoms with van der Waals surface area (Å²) in [4.78, 5) is 4.34. The maximum absolute atomic E-state index is 5.24. The van der Waals surface area contributed by atoms with Crippen LogP contribution in [0.5, 0.6) is 5.75 Å². The Bertz CT molecular complexity index is 724.